The first kappa shape index (κ1) is 16.0. The van der Waals surface area contributed by atoms with Gasteiger partial charge in [0.25, 0.3) is 0 Å². The van der Waals surface area contributed by atoms with Gasteiger partial charge in [-0.1, -0.05) is 13.3 Å². The second-order valence-electron chi connectivity index (χ2n) is 6.08. The second-order valence-corrected chi connectivity index (χ2v) is 6.08. The van der Waals surface area contributed by atoms with Gasteiger partial charge in [-0.15, -0.1) is 0 Å². The van der Waals surface area contributed by atoms with Crippen LogP contribution in [0, 0.1) is 16.7 Å². The van der Waals surface area contributed by atoms with Crippen molar-refractivity contribution in [3.63, 3.8) is 0 Å². The summed E-state index contributed by atoms with van der Waals surface area (Å²) in [5, 5.41) is 12.2. The summed E-state index contributed by atoms with van der Waals surface area (Å²) >= 11 is 0. The molecule has 0 aromatic heterocycles. The molecule has 1 aliphatic heterocycles. The highest BCUT2D eigenvalue weighted by Crippen LogP contribution is 2.30. The number of piperidine rings is 1. The Bertz CT molecular complexity index is 340. The topological polar surface area (TPSA) is 56.1 Å². The number of nitriles is 1. The van der Waals surface area contributed by atoms with E-state index in [-0.39, 0.29) is 23.4 Å². The molecule has 0 saturated carbocycles. The third-order valence-corrected chi connectivity index (χ3v) is 4.21. The molecule has 19 heavy (non-hydrogen) atoms. The quantitative estimate of drug-likeness (QED) is 0.830. The highest BCUT2D eigenvalue weighted by atomic mass is 16.2. The molecule has 4 heteroatoms. The zero-order valence-electron chi connectivity index (χ0n) is 12.7. The Morgan fingerprint density at radius 3 is 2.47 bits per heavy atom. The van der Waals surface area contributed by atoms with Gasteiger partial charge in [0.1, 0.15) is 0 Å². The van der Waals surface area contributed by atoms with Crippen LogP contribution in [0.3, 0.4) is 0 Å². The molecule has 1 rings (SSSR count). The van der Waals surface area contributed by atoms with E-state index < -0.39 is 0 Å². The molecule has 1 saturated heterocycles. The zero-order chi connectivity index (χ0) is 14.5. The van der Waals surface area contributed by atoms with E-state index in [9.17, 15) is 4.79 Å². The van der Waals surface area contributed by atoms with Crippen LogP contribution in [0.2, 0.25) is 0 Å². The number of likely N-dealkylation sites (tertiary alicyclic amines) is 1. The smallest absolute Gasteiger partial charge is 0.237 e. The van der Waals surface area contributed by atoms with Gasteiger partial charge in [-0.25, -0.2) is 0 Å². The van der Waals surface area contributed by atoms with Crippen molar-refractivity contribution in [2.75, 3.05) is 13.1 Å². The van der Waals surface area contributed by atoms with E-state index in [1.54, 1.807) is 0 Å². The summed E-state index contributed by atoms with van der Waals surface area (Å²) in [5.41, 5.74) is -0.206. The van der Waals surface area contributed by atoms with Crippen molar-refractivity contribution in [3.8, 4) is 6.07 Å². The molecule has 2 atom stereocenters. The standard InChI is InChI=1S/C15H27N3O/c1-5-6-12(2)17-14(19)13(3)18-9-7-15(4,11-16)8-10-18/h12-13H,5-10H2,1-4H3,(H,17,19). The first-order valence-electron chi connectivity index (χ1n) is 7.37. The molecule has 1 fully saturated rings. The summed E-state index contributed by atoms with van der Waals surface area (Å²) in [7, 11) is 0. The summed E-state index contributed by atoms with van der Waals surface area (Å²) in [6.45, 7) is 9.82. The fourth-order valence-electron chi connectivity index (χ4n) is 2.55. The minimum absolute atomic E-state index is 0.0949. The van der Waals surface area contributed by atoms with E-state index >= 15 is 0 Å². The average Bonchev–Trinajstić information content (AvgIpc) is 2.39. The summed E-state index contributed by atoms with van der Waals surface area (Å²) in [4.78, 5) is 14.3. The Morgan fingerprint density at radius 2 is 2.00 bits per heavy atom. The molecule has 0 spiro atoms. The summed E-state index contributed by atoms with van der Waals surface area (Å²) in [6, 6.07) is 2.54. The van der Waals surface area contributed by atoms with Crippen LogP contribution < -0.4 is 5.32 Å². The van der Waals surface area contributed by atoms with E-state index in [0.29, 0.717) is 0 Å². The zero-order valence-corrected chi connectivity index (χ0v) is 12.7. The minimum atomic E-state index is -0.206. The number of carbonyl (C=O) groups excluding carboxylic acids is 1. The lowest BCUT2D eigenvalue weighted by Crippen LogP contribution is -2.51. The maximum atomic E-state index is 12.1. The van der Waals surface area contributed by atoms with E-state index in [4.69, 9.17) is 5.26 Å². The number of hydrogen-bond donors (Lipinski definition) is 1. The predicted octanol–water partition coefficient (Wildman–Crippen LogP) is 2.31. The van der Waals surface area contributed by atoms with Gasteiger partial charge in [0.05, 0.1) is 17.5 Å². The molecule has 1 heterocycles. The Morgan fingerprint density at radius 1 is 1.42 bits per heavy atom. The fourth-order valence-corrected chi connectivity index (χ4v) is 2.55. The molecular weight excluding hydrogens is 238 g/mol. The van der Waals surface area contributed by atoms with Crippen LogP contribution in [0.4, 0.5) is 0 Å². The van der Waals surface area contributed by atoms with Crippen LogP contribution in [0.1, 0.15) is 53.4 Å². The lowest BCUT2D eigenvalue weighted by molar-refractivity contribution is -0.127. The third-order valence-electron chi connectivity index (χ3n) is 4.21. The van der Waals surface area contributed by atoms with Gasteiger partial charge < -0.3 is 5.32 Å². The lowest BCUT2D eigenvalue weighted by Gasteiger charge is -2.38. The number of rotatable bonds is 5. The van der Waals surface area contributed by atoms with Crippen molar-refractivity contribution in [1.82, 2.24) is 10.2 Å². The van der Waals surface area contributed by atoms with Crippen molar-refractivity contribution in [2.24, 2.45) is 5.41 Å². The van der Waals surface area contributed by atoms with E-state index in [2.05, 4.69) is 30.1 Å². The van der Waals surface area contributed by atoms with Crippen LogP contribution in [0.25, 0.3) is 0 Å². The number of nitrogens with zero attached hydrogens (tertiary/aromatic N) is 2. The molecule has 108 valence electrons. The van der Waals surface area contributed by atoms with Gasteiger partial charge in [-0.05, 0) is 40.0 Å². The van der Waals surface area contributed by atoms with Gasteiger partial charge in [0.2, 0.25) is 5.91 Å². The summed E-state index contributed by atoms with van der Waals surface area (Å²) in [6.07, 6.45) is 3.81. The maximum absolute atomic E-state index is 12.1. The number of amides is 1. The molecule has 0 aliphatic carbocycles. The largest absolute Gasteiger partial charge is 0.352 e. The Hall–Kier alpha value is -1.08. The fraction of sp³-hybridized carbons (Fsp3) is 0.867. The maximum Gasteiger partial charge on any atom is 0.237 e. The number of hydrogen-bond acceptors (Lipinski definition) is 3. The highest BCUT2D eigenvalue weighted by molar-refractivity contribution is 5.81. The van der Waals surface area contributed by atoms with Crippen molar-refractivity contribution in [2.45, 2.75) is 65.5 Å². The van der Waals surface area contributed by atoms with Crippen molar-refractivity contribution in [3.05, 3.63) is 0 Å². The monoisotopic (exact) mass is 265 g/mol. The molecule has 0 bridgehead atoms. The predicted molar refractivity (Wildman–Crippen MR) is 76.5 cm³/mol. The Balaban J connectivity index is 2.44. The van der Waals surface area contributed by atoms with Crippen LogP contribution in [-0.4, -0.2) is 36.0 Å². The summed E-state index contributed by atoms with van der Waals surface area (Å²) < 4.78 is 0. The van der Waals surface area contributed by atoms with Gasteiger partial charge in [0.15, 0.2) is 0 Å². The van der Waals surface area contributed by atoms with E-state index in [1.807, 2.05) is 13.8 Å². The van der Waals surface area contributed by atoms with E-state index in [0.717, 1.165) is 38.8 Å². The molecule has 4 nitrogen and oxygen atoms in total. The highest BCUT2D eigenvalue weighted by Gasteiger charge is 2.33. The van der Waals surface area contributed by atoms with Crippen LogP contribution in [0.5, 0.6) is 0 Å². The number of carbonyl (C=O) groups is 1. The van der Waals surface area contributed by atoms with Crippen molar-refractivity contribution >= 4 is 5.91 Å². The molecule has 0 radical (unpaired) electrons. The van der Waals surface area contributed by atoms with Crippen LogP contribution in [0.15, 0.2) is 0 Å². The molecule has 0 aromatic carbocycles. The van der Waals surface area contributed by atoms with Gasteiger partial charge >= 0.3 is 0 Å². The Labute approximate surface area is 117 Å². The Kier molecular flexibility index (Phi) is 5.81. The molecule has 2 unspecified atom stereocenters. The van der Waals surface area contributed by atoms with Gasteiger partial charge in [-0.3, -0.25) is 9.69 Å². The first-order chi connectivity index (χ1) is 8.91. The third kappa shape index (κ3) is 4.50. The second kappa shape index (κ2) is 6.91. The molecule has 1 N–H and O–H groups in total. The SMILES string of the molecule is CCCC(C)NC(=O)C(C)N1CCC(C)(C#N)CC1. The molecular formula is C15H27N3O. The van der Waals surface area contributed by atoms with Gasteiger partial charge in [-0.2, -0.15) is 5.26 Å². The summed E-state index contributed by atoms with van der Waals surface area (Å²) in [5.74, 6) is 0.113. The first-order valence-corrected chi connectivity index (χ1v) is 7.37. The normalized spacial score (nSPS) is 22.3. The average molecular weight is 265 g/mol. The van der Waals surface area contributed by atoms with Crippen LogP contribution >= 0.6 is 0 Å². The lowest BCUT2D eigenvalue weighted by atomic mass is 9.81. The number of nitrogens with one attached hydrogen (secondary N) is 1. The molecule has 0 aromatic rings. The van der Waals surface area contributed by atoms with Crippen molar-refractivity contribution < 1.29 is 4.79 Å². The molecule has 1 amide bonds. The van der Waals surface area contributed by atoms with Crippen molar-refractivity contribution in [1.29, 1.82) is 5.26 Å². The van der Waals surface area contributed by atoms with Gasteiger partial charge in [0, 0.05) is 19.1 Å². The molecule has 1 aliphatic rings. The van der Waals surface area contributed by atoms with E-state index in [1.165, 1.54) is 0 Å². The van der Waals surface area contributed by atoms with Crippen LogP contribution in [-0.2, 0) is 4.79 Å². The minimum Gasteiger partial charge on any atom is -0.352 e.